The predicted octanol–water partition coefficient (Wildman–Crippen LogP) is 0.441. The molecule has 0 aromatic carbocycles. The molecule has 1 saturated heterocycles. The monoisotopic (exact) mass is 201 g/mol. The van der Waals surface area contributed by atoms with Gasteiger partial charge in [0.05, 0.1) is 6.10 Å². The van der Waals surface area contributed by atoms with Crippen molar-refractivity contribution in [2.75, 3.05) is 6.54 Å². The molecule has 0 amide bonds. The lowest BCUT2D eigenvalue weighted by Crippen LogP contribution is -2.47. The van der Waals surface area contributed by atoms with Gasteiger partial charge in [0.2, 0.25) is 0 Å². The standard InChI is InChI=1S/C10H19NO3/c1-10(2,3)14-9(13)8-6-7(12)4-5-11-8/h7-8,11-12H,4-6H2,1-3H3/t7-,8-/m1/s1. The third-order valence-corrected chi connectivity index (χ3v) is 2.07. The largest absolute Gasteiger partial charge is 0.459 e. The van der Waals surface area contributed by atoms with Crippen LogP contribution in [0.4, 0.5) is 0 Å². The van der Waals surface area contributed by atoms with Crippen molar-refractivity contribution in [2.45, 2.75) is 51.4 Å². The van der Waals surface area contributed by atoms with Gasteiger partial charge in [-0.3, -0.25) is 4.79 Å². The molecule has 0 aromatic heterocycles. The molecule has 1 fully saturated rings. The van der Waals surface area contributed by atoms with Crippen LogP contribution in [0, 0.1) is 0 Å². The van der Waals surface area contributed by atoms with E-state index in [1.807, 2.05) is 20.8 Å². The highest BCUT2D eigenvalue weighted by Gasteiger charge is 2.29. The Balaban J connectivity index is 2.44. The molecular formula is C10H19NO3. The number of esters is 1. The van der Waals surface area contributed by atoms with E-state index in [1.165, 1.54) is 0 Å². The van der Waals surface area contributed by atoms with Crippen molar-refractivity contribution >= 4 is 5.97 Å². The zero-order valence-electron chi connectivity index (χ0n) is 9.04. The number of carbonyl (C=O) groups excluding carboxylic acids is 1. The van der Waals surface area contributed by atoms with Crippen LogP contribution in [0.3, 0.4) is 0 Å². The fraction of sp³-hybridized carbons (Fsp3) is 0.900. The summed E-state index contributed by atoms with van der Waals surface area (Å²) in [5, 5.41) is 12.4. The average molecular weight is 201 g/mol. The Morgan fingerprint density at radius 1 is 1.50 bits per heavy atom. The minimum atomic E-state index is -0.457. The van der Waals surface area contributed by atoms with Crippen LogP contribution in [-0.4, -0.2) is 35.4 Å². The molecule has 4 heteroatoms. The lowest BCUT2D eigenvalue weighted by Gasteiger charge is -2.29. The number of carbonyl (C=O) groups is 1. The Hall–Kier alpha value is -0.610. The summed E-state index contributed by atoms with van der Waals surface area (Å²) in [5.74, 6) is -0.267. The van der Waals surface area contributed by atoms with Crippen LogP contribution in [0.5, 0.6) is 0 Å². The van der Waals surface area contributed by atoms with Crippen molar-refractivity contribution in [2.24, 2.45) is 0 Å². The molecule has 0 spiro atoms. The topological polar surface area (TPSA) is 58.6 Å². The van der Waals surface area contributed by atoms with E-state index >= 15 is 0 Å². The summed E-state index contributed by atoms with van der Waals surface area (Å²) in [5.41, 5.74) is -0.457. The second-order valence-electron chi connectivity index (χ2n) is 4.72. The van der Waals surface area contributed by atoms with Gasteiger partial charge in [-0.05, 0) is 40.2 Å². The minimum Gasteiger partial charge on any atom is -0.459 e. The van der Waals surface area contributed by atoms with Crippen LogP contribution in [0.2, 0.25) is 0 Å². The number of piperidine rings is 1. The fourth-order valence-electron chi connectivity index (χ4n) is 1.45. The van der Waals surface area contributed by atoms with Gasteiger partial charge in [-0.15, -0.1) is 0 Å². The summed E-state index contributed by atoms with van der Waals surface area (Å²) in [6.07, 6.45) is 0.780. The van der Waals surface area contributed by atoms with Gasteiger partial charge < -0.3 is 15.2 Å². The first kappa shape index (κ1) is 11.5. The molecule has 1 rings (SSSR count). The van der Waals surface area contributed by atoms with Gasteiger partial charge in [0.15, 0.2) is 0 Å². The molecule has 0 saturated carbocycles. The van der Waals surface area contributed by atoms with Gasteiger partial charge in [0.25, 0.3) is 0 Å². The number of rotatable bonds is 1. The number of aliphatic hydroxyl groups is 1. The third-order valence-electron chi connectivity index (χ3n) is 2.07. The SMILES string of the molecule is CC(C)(C)OC(=O)[C@H]1C[C@H](O)CCN1. The van der Waals surface area contributed by atoms with Gasteiger partial charge in [0, 0.05) is 0 Å². The van der Waals surface area contributed by atoms with Crippen LogP contribution >= 0.6 is 0 Å². The van der Waals surface area contributed by atoms with Crippen molar-refractivity contribution < 1.29 is 14.6 Å². The quantitative estimate of drug-likeness (QED) is 0.604. The average Bonchev–Trinajstić information content (AvgIpc) is 2.01. The number of nitrogens with one attached hydrogen (secondary N) is 1. The van der Waals surface area contributed by atoms with Crippen molar-refractivity contribution in [1.29, 1.82) is 0 Å². The Morgan fingerprint density at radius 2 is 2.14 bits per heavy atom. The van der Waals surface area contributed by atoms with Crippen molar-refractivity contribution in [3.8, 4) is 0 Å². The summed E-state index contributed by atoms with van der Waals surface area (Å²) in [6.45, 7) is 6.18. The highest BCUT2D eigenvalue weighted by atomic mass is 16.6. The maximum absolute atomic E-state index is 11.6. The molecule has 0 unspecified atom stereocenters. The molecule has 0 bridgehead atoms. The van der Waals surface area contributed by atoms with E-state index in [9.17, 15) is 9.90 Å². The van der Waals surface area contributed by atoms with E-state index in [2.05, 4.69) is 5.32 Å². The van der Waals surface area contributed by atoms with Crippen molar-refractivity contribution in [3.63, 3.8) is 0 Å². The lowest BCUT2D eigenvalue weighted by molar-refractivity contribution is -0.159. The molecule has 4 nitrogen and oxygen atoms in total. The molecule has 14 heavy (non-hydrogen) atoms. The second kappa shape index (κ2) is 4.28. The Kier molecular flexibility index (Phi) is 3.50. The fourth-order valence-corrected chi connectivity index (χ4v) is 1.45. The molecule has 1 aliphatic heterocycles. The summed E-state index contributed by atoms with van der Waals surface area (Å²) in [4.78, 5) is 11.6. The predicted molar refractivity (Wildman–Crippen MR) is 52.9 cm³/mol. The molecule has 0 aliphatic carbocycles. The minimum absolute atomic E-state index is 0.267. The number of hydrogen-bond acceptors (Lipinski definition) is 4. The van der Waals surface area contributed by atoms with Gasteiger partial charge >= 0.3 is 5.97 Å². The third kappa shape index (κ3) is 3.64. The van der Waals surface area contributed by atoms with Crippen LogP contribution < -0.4 is 5.32 Å². The number of aliphatic hydroxyl groups excluding tert-OH is 1. The zero-order valence-corrected chi connectivity index (χ0v) is 9.04. The summed E-state index contributed by atoms with van der Waals surface area (Å²) < 4.78 is 5.21. The van der Waals surface area contributed by atoms with Gasteiger partial charge in [0.1, 0.15) is 11.6 Å². The van der Waals surface area contributed by atoms with E-state index in [-0.39, 0.29) is 18.1 Å². The van der Waals surface area contributed by atoms with Crippen molar-refractivity contribution in [3.05, 3.63) is 0 Å². The first-order valence-corrected chi connectivity index (χ1v) is 5.03. The molecule has 82 valence electrons. The van der Waals surface area contributed by atoms with Gasteiger partial charge in [-0.25, -0.2) is 0 Å². The second-order valence-corrected chi connectivity index (χ2v) is 4.72. The number of ether oxygens (including phenoxy) is 1. The molecule has 0 radical (unpaired) electrons. The molecule has 1 aliphatic rings. The molecule has 0 aromatic rings. The lowest BCUT2D eigenvalue weighted by atomic mass is 10.0. The van der Waals surface area contributed by atoms with Crippen LogP contribution in [-0.2, 0) is 9.53 Å². The maximum Gasteiger partial charge on any atom is 0.323 e. The van der Waals surface area contributed by atoms with E-state index in [0.29, 0.717) is 19.4 Å². The molecular weight excluding hydrogens is 182 g/mol. The first-order valence-electron chi connectivity index (χ1n) is 5.03. The molecule has 2 N–H and O–H groups in total. The Bertz CT molecular complexity index is 210. The van der Waals surface area contributed by atoms with E-state index in [4.69, 9.17) is 4.74 Å². The first-order chi connectivity index (χ1) is 6.38. The normalized spacial score (nSPS) is 28.6. The Labute approximate surface area is 84.6 Å². The van der Waals surface area contributed by atoms with Crippen LogP contribution in [0.15, 0.2) is 0 Å². The van der Waals surface area contributed by atoms with Crippen molar-refractivity contribution in [1.82, 2.24) is 5.32 Å². The maximum atomic E-state index is 11.6. The smallest absolute Gasteiger partial charge is 0.323 e. The summed E-state index contributed by atoms with van der Waals surface area (Å²) in [7, 11) is 0. The van der Waals surface area contributed by atoms with E-state index in [0.717, 1.165) is 0 Å². The molecule has 1 heterocycles. The summed E-state index contributed by atoms with van der Waals surface area (Å²) in [6, 6.07) is -0.349. The van der Waals surface area contributed by atoms with E-state index < -0.39 is 5.60 Å². The van der Waals surface area contributed by atoms with E-state index in [1.54, 1.807) is 0 Å². The van der Waals surface area contributed by atoms with Gasteiger partial charge in [-0.2, -0.15) is 0 Å². The van der Waals surface area contributed by atoms with Crippen LogP contribution in [0.1, 0.15) is 33.6 Å². The highest BCUT2D eigenvalue weighted by molar-refractivity contribution is 5.76. The zero-order chi connectivity index (χ0) is 10.8. The molecule has 2 atom stereocenters. The van der Waals surface area contributed by atoms with Gasteiger partial charge in [-0.1, -0.05) is 0 Å². The Morgan fingerprint density at radius 3 is 2.64 bits per heavy atom. The number of hydrogen-bond donors (Lipinski definition) is 2. The summed E-state index contributed by atoms with van der Waals surface area (Å²) >= 11 is 0. The van der Waals surface area contributed by atoms with Crippen LogP contribution in [0.25, 0.3) is 0 Å². The highest BCUT2D eigenvalue weighted by Crippen LogP contribution is 2.14.